The van der Waals surface area contributed by atoms with Crippen LogP contribution in [0.5, 0.6) is 0 Å². The van der Waals surface area contributed by atoms with Crippen molar-refractivity contribution in [3.8, 4) is 0 Å². The van der Waals surface area contributed by atoms with Crippen molar-refractivity contribution < 1.29 is 9.59 Å². The monoisotopic (exact) mass is 312 g/mol. The standard InChI is InChI=1S/C18H36N2O2/c1-3-5-7-8-9-10-11-12-14-16-18(22)20-19-17(21)15-13-6-4-2/h3-16H2,1-2H3,(H,19,21)(H,20,22). The molecule has 0 rings (SSSR count). The van der Waals surface area contributed by atoms with E-state index in [0.717, 1.165) is 32.1 Å². The lowest BCUT2D eigenvalue weighted by molar-refractivity contribution is -0.129. The Hall–Kier alpha value is -1.06. The Kier molecular flexibility index (Phi) is 15.5. The molecule has 0 spiro atoms. The lowest BCUT2D eigenvalue weighted by atomic mass is 10.1. The molecule has 0 saturated carbocycles. The lowest BCUT2D eigenvalue weighted by Gasteiger charge is -2.07. The minimum Gasteiger partial charge on any atom is -0.273 e. The topological polar surface area (TPSA) is 58.2 Å². The zero-order chi connectivity index (χ0) is 16.5. The summed E-state index contributed by atoms with van der Waals surface area (Å²) in [4.78, 5) is 23.0. The fourth-order valence-electron chi connectivity index (χ4n) is 2.40. The first kappa shape index (κ1) is 20.9. The molecule has 0 aliphatic heterocycles. The Balaban J connectivity index is 3.30. The highest BCUT2D eigenvalue weighted by Crippen LogP contribution is 2.10. The number of nitrogens with one attached hydrogen (secondary N) is 2. The van der Waals surface area contributed by atoms with Crippen LogP contribution < -0.4 is 10.9 Å². The van der Waals surface area contributed by atoms with Crippen LogP contribution in [0.4, 0.5) is 0 Å². The van der Waals surface area contributed by atoms with E-state index in [1.807, 2.05) is 0 Å². The number of amides is 2. The predicted molar refractivity (Wildman–Crippen MR) is 92.3 cm³/mol. The Morgan fingerprint density at radius 3 is 1.32 bits per heavy atom. The molecule has 0 bridgehead atoms. The van der Waals surface area contributed by atoms with Crippen LogP contribution in [0.3, 0.4) is 0 Å². The van der Waals surface area contributed by atoms with Crippen molar-refractivity contribution in [1.29, 1.82) is 0 Å². The van der Waals surface area contributed by atoms with Crippen LogP contribution in [0.15, 0.2) is 0 Å². The molecule has 0 aliphatic rings. The minimum absolute atomic E-state index is 0.0770. The van der Waals surface area contributed by atoms with E-state index in [1.54, 1.807) is 0 Å². The van der Waals surface area contributed by atoms with Gasteiger partial charge in [-0.25, -0.2) is 0 Å². The van der Waals surface area contributed by atoms with Crippen molar-refractivity contribution in [2.75, 3.05) is 0 Å². The molecule has 0 aromatic rings. The van der Waals surface area contributed by atoms with Gasteiger partial charge in [-0.15, -0.1) is 0 Å². The summed E-state index contributed by atoms with van der Waals surface area (Å²) in [7, 11) is 0. The van der Waals surface area contributed by atoms with Crippen molar-refractivity contribution in [1.82, 2.24) is 10.9 Å². The van der Waals surface area contributed by atoms with Gasteiger partial charge in [-0.3, -0.25) is 20.4 Å². The number of hydrazine groups is 1. The van der Waals surface area contributed by atoms with Crippen LogP contribution in [0.25, 0.3) is 0 Å². The molecule has 4 nitrogen and oxygen atoms in total. The third kappa shape index (κ3) is 15.3. The minimum atomic E-state index is -0.0890. The van der Waals surface area contributed by atoms with Gasteiger partial charge in [0.05, 0.1) is 0 Å². The molecular formula is C18H36N2O2. The summed E-state index contributed by atoms with van der Waals surface area (Å²) in [5.74, 6) is -0.166. The molecule has 0 unspecified atom stereocenters. The molecule has 4 heteroatoms. The molecule has 0 aromatic carbocycles. The Morgan fingerprint density at radius 2 is 0.864 bits per heavy atom. The first-order chi connectivity index (χ1) is 10.7. The van der Waals surface area contributed by atoms with E-state index in [2.05, 4.69) is 24.7 Å². The summed E-state index contributed by atoms with van der Waals surface area (Å²) in [6, 6.07) is 0. The van der Waals surface area contributed by atoms with Crippen LogP contribution in [-0.4, -0.2) is 11.8 Å². The van der Waals surface area contributed by atoms with Gasteiger partial charge in [-0.1, -0.05) is 78.1 Å². The zero-order valence-corrected chi connectivity index (χ0v) is 14.7. The van der Waals surface area contributed by atoms with Crippen LogP contribution >= 0.6 is 0 Å². The fraction of sp³-hybridized carbons (Fsp3) is 0.889. The average molecular weight is 312 g/mol. The van der Waals surface area contributed by atoms with Gasteiger partial charge in [0.1, 0.15) is 0 Å². The molecule has 0 atom stereocenters. The molecular weight excluding hydrogens is 276 g/mol. The van der Waals surface area contributed by atoms with E-state index in [-0.39, 0.29) is 11.8 Å². The van der Waals surface area contributed by atoms with Gasteiger partial charge in [0, 0.05) is 12.8 Å². The van der Waals surface area contributed by atoms with E-state index in [4.69, 9.17) is 0 Å². The number of rotatable bonds is 14. The normalized spacial score (nSPS) is 10.5. The van der Waals surface area contributed by atoms with Crippen molar-refractivity contribution in [2.45, 2.75) is 104 Å². The maximum Gasteiger partial charge on any atom is 0.238 e. The average Bonchev–Trinajstić information content (AvgIpc) is 2.51. The van der Waals surface area contributed by atoms with Crippen molar-refractivity contribution >= 4 is 11.8 Å². The van der Waals surface area contributed by atoms with Gasteiger partial charge in [0.15, 0.2) is 0 Å². The van der Waals surface area contributed by atoms with E-state index in [1.165, 1.54) is 44.9 Å². The van der Waals surface area contributed by atoms with Crippen molar-refractivity contribution in [3.05, 3.63) is 0 Å². The molecule has 0 aliphatic carbocycles. The summed E-state index contributed by atoms with van der Waals surface area (Å²) < 4.78 is 0. The summed E-state index contributed by atoms with van der Waals surface area (Å²) in [5.41, 5.74) is 4.98. The smallest absolute Gasteiger partial charge is 0.238 e. The van der Waals surface area contributed by atoms with Gasteiger partial charge in [-0.05, 0) is 12.8 Å². The quantitative estimate of drug-likeness (QED) is 0.363. The molecule has 0 radical (unpaired) electrons. The summed E-state index contributed by atoms with van der Waals surface area (Å²) >= 11 is 0. The van der Waals surface area contributed by atoms with Gasteiger partial charge in [0.2, 0.25) is 11.8 Å². The second-order valence-electron chi connectivity index (χ2n) is 6.13. The van der Waals surface area contributed by atoms with E-state index in [9.17, 15) is 9.59 Å². The molecule has 0 aromatic heterocycles. The molecule has 22 heavy (non-hydrogen) atoms. The Labute approximate surface area is 136 Å². The van der Waals surface area contributed by atoms with Crippen molar-refractivity contribution in [3.63, 3.8) is 0 Å². The van der Waals surface area contributed by atoms with E-state index in [0.29, 0.717) is 12.8 Å². The van der Waals surface area contributed by atoms with Crippen LogP contribution in [0, 0.1) is 0 Å². The molecule has 130 valence electrons. The third-order valence-corrected chi connectivity index (χ3v) is 3.86. The molecule has 2 N–H and O–H groups in total. The van der Waals surface area contributed by atoms with Crippen LogP contribution in [0.2, 0.25) is 0 Å². The molecule has 0 fully saturated rings. The number of carbonyl (C=O) groups is 2. The number of carbonyl (C=O) groups excluding carboxylic acids is 2. The number of unbranched alkanes of at least 4 members (excludes halogenated alkanes) is 10. The van der Waals surface area contributed by atoms with Gasteiger partial charge in [0.25, 0.3) is 0 Å². The van der Waals surface area contributed by atoms with Crippen LogP contribution in [-0.2, 0) is 9.59 Å². The maximum atomic E-state index is 11.6. The van der Waals surface area contributed by atoms with E-state index < -0.39 is 0 Å². The van der Waals surface area contributed by atoms with E-state index >= 15 is 0 Å². The highest BCUT2D eigenvalue weighted by atomic mass is 16.2. The highest BCUT2D eigenvalue weighted by Gasteiger charge is 2.04. The van der Waals surface area contributed by atoms with Gasteiger partial charge in [-0.2, -0.15) is 0 Å². The maximum absolute atomic E-state index is 11.6. The second-order valence-corrected chi connectivity index (χ2v) is 6.13. The van der Waals surface area contributed by atoms with Gasteiger partial charge < -0.3 is 0 Å². The fourth-order valence-corrected chi connectivity index (χ4v) is 2.40. The summed E-state index contributed by atoms with van der Waals surface area (Å²) in [6.45, 7) is 4.34. The molecule has 2 amide bonds. The SMILES string of the molecule is CCCCCCCCCCCC(=O)NNC(=O)CCCCC. The Bertz CT molecular complexity index is 280. The van der Waals surface area contributed by atoms with Crippen LogP contribution in [0.1, 0.15) is 104 Å². The second kappa shape index (κ2) is 16.3. The highest BCUT2D eigenvalue weighted by molar-refractivity contribution is 5.81. The van der Waals surface area contributed by atoms with Crippen molar-refractivity contribution in [2.24, 2.45) is 0 Å². The zero-order valence-electron chi connectivity index (χ0n) is 14.7. The van der Waals surface area contributed by atoms with Gasteiger partial charge >= 0.3 is 0 Å². The summed E-state index contributed by atoms with van der Waals surface area (Å²) in [6.07, 6.45) is 15.2. The Morgan fingerprint density at radius 1 is 0.545 bits per heavy atom. The first-order valence-corrected chi connectivity index (χ1v) is 9.28. The number of hydrogen-bond donors (Lipinski definition) is 2. The lowest BCUT2D eigenvalue weighted by Crippen LogP contribution is -2.41. The first-order valence-electron chi connectivity index (χ1n) is 9.28. The predicted octanol–water partition coefficient (Wildman–Crippen LogP) is 4.64. The number of hydrogen-bond acceptors (Lipinski definition) is 2. The molecule has 0 heterocycles. The largest absolute Gasteiger partial charge is 0.273 e. The summed E-state index contributed by atoms with van der Waals surface area (Å²) in [5, 5.41) is 0. The molecule has 0 saturated heterocycles. The third-order valence-electron chi connectivity index (χ3n) is 3.86.